The second-order valence-electron chi connectivity index (χ2n) is 10.9. The van der Waals surface area contributed by atoms with Gasteiger partial charge in [-0.3, -0.25) is 9.59 Å². The number of thiazole rings is 1. The molecular weight excluding hydrogens is 514 g/mol. The lowest BCUT2D eigenvalue weighted by atomic mass is 9.91. The van der Waals surface area contributed by atoms with Crippen LogP contribution in [0.3, 0.4) is 0 Å². The summed E-state index contributed by atoms with van der Waals surface area (Å²) in [6.45, 7) is 9.66. The van der Waals surface area contributed by atoms with Gasteiger partial charge in [0, 0.05) is 31.6 Å². The Balaban J connectivity index is 1.25. The zero-order valence-corrected chi connectivity index (χ0v) is 23.6. The number of likely N-dealkylation sites (tertiary alicyclic amines) is 1. The number of nitrogens with zero attached hydrogens (tertiary/aromatic N) is 4. The predicted molar refractivity (Wildman–Crippen MR) is 149 cm³/mol. The Kier molecular flexibility index (Phi) is 7.83. The van der Waals surface area contributed by atoms with Crippen LogP contribution in [0.15, 0.2) is 40.4 Å². The van der Waals surface area contributed by atoms with Crippen LogP contribution in [0.25, 0.3) is 10.4 Å². The molecule has 3 unspecified atom stereocenters. The fraction of sp³-hybridized carbons (Fsp3) is 0.483. The van der Waals surface area contributed by atoms with E-state index in [9.17, 15) is 14.4 Å². The molecule has 2 aromatic heterocycles. The number of carbonyl (C=O) groups is 3. The smallest absolute Gasteiger partial charge is 0.243 e. The summed E-state index contributed by atoms with van der Waals surface area (Å²) >= 11 is 1.61. The SMILES string of the molecule is Cc1ncsc1-c1ccc(C(C)NC(=O)C2CCCN2C(=O)C(c2cc(N3CC(C=O)C3)no2)C(C)C)cc1. The molecular formula is C29H35N5O4S. The molecule has 206 valence electrons. The summed E-state index contributed by atoms with van der Waals surface area (Å²) < 4.78 is 5.63. The lowest BCUT2D eigenvalue weighted by molar-refractivity contribution is -0.141. The van der Waals surface area contributed by atoms with Gasteiger partial charge < -0.3 is 24.4 Å². The van der Waals surface area contributed by atoms with E-state index in [-0.39, 0.29) is 29.7 Å². The topological polar surface area (TPSA) is 109 Å². The first kappa shape index (κ1) is 27.1. The van der Waals surface area contributed by atoms with E-state index < -0.39 is 12.0 Å². The Morgan fingerprint density at radius 1 is 1.18 bits per heavy atom. The number of amides is 2. The van der Waals surface area contributed by atoms with Gasteiger partial charge in [0.15, 0.2) is 11.6 Å². The third kappa shape index (κ3) is 5.48. The molecule has 0 radical (unpaired) electrons. The number of carbonyl (C=O) groups excluding carboxylic acids is 3. The molecule has 0 bridgehead atoms. The lowest BCUT2D eigenvalue weighted by Crippen LogP contribution is -2.48. The Bertz CT molecular complexity index is 1330. The highest BCUT2D eigenvalue weighted by molar-refractivity contribution is 7.13. The Labute approximate surface area is 232 Å². The number of hydrogen-bond donors (Lipinski definition) is 1. The van der Waals surface area contributed by atoms with Crippen molar-refractivity contribution < 1.29 is 18.9 Å². The van der Waals surface area contributed by atoms with Crippen LogP contribution in [0.2, 0.25) is 0 Å². The molecule has 5 rings (SSSR count). The fourth-order valence-electron chi connectivity index (χ4n) is 5.47. The largest absolute Gasteiger partial charge is 0.358 e. The first-order valence-corrected chi connectivity index (χ1v) is 14.4. The van der Waals surface area contributed by atoms with Crippen molar-refractivity contribution in [2.24, 2.45) is 11.8 Å². The third-order valence-corrected chi connectivity index (χ3v) is 8.77. The average molecular weight is 550 g/mol. The van der Waals surface area contributed by atoms with E-state index in [0.717, 1.165) is 34.4 Å². The first-order valence-electron chi connectivity index (χ1n) is 13.5. The summed E-state index contributed by atoms with van der Waals surface area (Å²) in [6, 6.07) is 9.26. The van der Waals surface area contributed by atoms with Gasteiger partial charge in [0.25, 0.3) is 0 Å². The van der Waals surface area contributed by atoms with Gasteiger partial charge in [0.1, 0.15) is 18.2 Å². The molecule has 1 N–H and O–H groups in total. The van der Waals surface area contributed by atoms with Gasteiger partial charge in [-0.15, -0.1) is 11.3 Å². The van der Waals surface area contributed by atoms with Crippen LogP contribution in [0.4, 0.5) is 5.82 Å². The van der Waals surface area contributed by atoms with Gasteiger partial charge in [-0.25, -0.2) is 4.98 Å². The molecule has 0 aliphatic carbocycles. The summed E-state index contributed by atoms with van der Waals surface area (Å²) in [7, 11) is 0. The fourth-order valence-corrected chi connectivity index (χ4v) is 6.28. The van der Waals surface area contributed by atoms with Crippen LogP contribution in [0, 0.1) is 18.8 Å². The number of nitrogens with one attached hydrogen (secondary N) is 1. The Morgan fingerprint density at radius 2 is 1.92 bits per heavy atom. The van der Waals surface area contributed by atoms with E-state index in [2.05, 4.69) is 27.6 Å². The van der Waals surface area contributed by atoms with Crippen LogP contribution in [0.5, 0.6) is 0 Å². The maximum atomic E-state index is 13.8. The van der Waals surface area contributed by atoms with Crippen molar-refractivity contribution in [3.8, 4) is 10.4 Å². The van der Waals surface area contributed by atoms with Crippen LogP contribution in [0.1, 0.15) is 62.6 Å². The molecule has 3 aromatic rings. The molecule has 4 heterocycles. The summed E-state index contributed by atoms with van der Waals surface area (Å²) in [5, 5.41) is 7.28. The van der Waals surface area contributed by atoms with Gasteiger partial charge >= 0.3 is 0 Å². The van der Waals surface area contributed by atoms with Crippen LogP contribution in [-0.2, 0) is 14.4 Å². The van der Waals surface area contributed by atoms with E-state index >= 15 is 0 Å². The number of hydrogen-bond acceptors (Lipinski definition) is 8. The third-order valence-electron chi connectivity index (χ3n) is 7.80. The molecule has 1 aromatic carbocycles. The van der Waals surface area contributed by atoms with E-state index in [4.69, 9.17) is 4.52 Å². The second kappa shape index (κ2) is 11.3. The van der Waals surface area contributed by atoms with Crippen molar-refractivity contribution in [3.63, 3.8) is 0 Å². The van der Waals surface area contributed by atoms with E-state index in [0.29, 0.717) is 37.6 Å². The maximum Gasteiger partial charge on any atom is 0.243 e. The highest BCUT2D eigenvalue weighted by Crippen LogP contribution is 2.34. The quantitative estimate of drug-likeness (QED) is 0.395. The minimum absolute atomic E-state index is 0.0133. The van der Waals surface area contributed by atoms with Crippen molar-refractivity contribution in [1.29, 1.82) is 0 Å². The normalized spacial score (nSPS) is 19.2. The summed E-state index contributed by atoms with van der Waals surface area (Å²) in [4.78, 5) is 47.3. The minimum atomic E-state index is -0.539. The number of aromatic nitrogens is 2. The summed E-state index contributed by atoms with van der Waals surface area (Å²) in [5.74, 6) is 0.315. The standard InChI is InChI=1S/C29H35N5O4S/c1-17(2)26(24-12-25(32-38-24)33-13-20(14-33)15-35)29(37)34-11-5-6-23(34)28(36)31-18(3)21-7-9-22(10-8-21)27-19(4)30-16-39-27/h7-10,12,15-18,20,23,26H,5-6,11,13-14H2,1-4H3,(H,31,36). The Hall–Kier alpha value is -3.53. The van der Waals surface area contributed by atoms with Crippen LogP contribution < -0.4 is 10.2 Å². The molecule has 0 spiro atoms. The summed E-state index contributed by atoms with van der Waals surface area (Å²) in [5.41, 5.74) is 4.96. The van der Waals surface area contributed by atoms with E-state index in [1.54, 1.807) is 22.3 Å². The van der Waals surface area contributed by atoms with Gasteiger partial charge in [-0.05, 0) is 43.7 Å². The van der Waals surface area contributed by atoms with Gasteiger partial charge in [0.2, 0.25) is 11.8 Å². The monoisotopic (exact) mass is 549 g/mol. The zero-order chi connectivity index (χ0) is 27.7. The lowest BCUT2D eigenvalue weighted by Gasteiger charge is -2.35. The number of anilines is 1. The Morgan fingerprint density at radius 3 is 2.56 bits per heavy atom. The number of benzene rings is 1. The van der Waals surface area contributed by atoms with Crippen molar-refractivity contribution >= 4 is 35.3 Å². The van der Waals surface area contributed by atoms with Crippen LogP contribution in [-0.4, -0.2) is 58.8 Å². The first-order chi connectivity index (χ1) is 18.8. The average Bonchev–Trinajstić information content (AvgIpc) is 3.65. The highest BCUT2D eigenvalue weighted by atomic mass is 32.1. The molecule has 10 heteroatoms. The maximum absolute atomic E-state index is 13.8. The van der Waals surface area contributed by atoms with E-state index in [1.807, 2.05) is 50.2 Å². The number of aryl methyl sites for hydroxylation is 1. The molecule has 9 nitrogen and oxygen atoms in total. The second-order valence-corrected chi connectivity index (χ2v) is 11.8. The molecule has 2 aliphatic heterocycles. The molecule has 2 saturated heterocycles. The van der Waals surface area contributed by atoms with Crippen molar-refractivity contribution in [1.82, 2.24) is 20.4 Å². The minimum Gasteiger partial charge on any atom is -0.358 e. The molecule has 2 fully saturated rings. The van der Waals surface area contributed by atoms with Gasteiger partial charge in [0.05, 0.1) is 22.1 Å². The van der Waals surface area contributed by atoms with Crippen molar-refractivity contribution in [2.75, 3.05) is 24.5 Å². The molecule has 39 heavy (non-hydrogen) atoms. The molecule has 2 amide bonds. The highest BCUT2D eigenvalue weighted by Gasteiger charge is 2.41. The van der Waals surface area contributed by atoms with E-state index in [1.165, 1.54) is 0 Å². The zero-order valence-electron chi connectivity index (χ0n) is 22.8. The number of rotatable bonds is 9. The number of aldehydes is 1. The van der Waals surface area contributed by atoms with Crippen LogP contribution >= 0.6 is 11.3 Å². The van der Waals surface area contributed by atoms with Crippen molar-refractivity contribution in [2.45, 2.75) is 58.5 Å². The molecule has 0 saturated carbocycles. The van der Waals surface area contributed by atoms with Gasteiger partial charge in [-0.1, -0.05) is 43.3 Å². The molecule has 2 aliphatic rings. The van der Waals surface area contributed by atoms with Gasteiger partial charge in [-0.2, -0.15) is 0 Å². The van der Waals surface area contributed by atoms with Crippen molar-refractivity contribution in [3.05, 3.63) is 52.9 Å². The summed E-state index contributed by atoms with van der Waals surface area (Å²) in [6.07, 6.45) is 2.35. The molecule has 3 atom stereocenters. The predicted octanol–water partition coefficient (Wildman–Crippen LogP) is 4.35.